The van der Waals surface area contributed by atoms with Gasteiger partial charge in [0, 0.05) is 19.5 Å². The Kier molecular flexibility index (Phi) is 41.7. The van der Waals surface area contributed by atoms with E-state index in [-0.39, 0.29) is 0 Å². The second-order valence-electron chi connectivity index (χ2n) is 31.6. The summed E-state index contributed by atoms with van der Waals surface area (Å²) < 4.78 is 0. The van der Waals surface area contributed by atoms with Crippen LogP contribution in [-0.4, -0.2) is 19.9 Å². The number of fused-ring (bicyclic) bond motifs is 2. The molecular weight excluding hydrogens is 1390 g/mol. The fourth-order valence-electron chi connectivity index (χ4n) is 16.2. The van der Waals surface area contributed by atoms with Gasteiger partial charge in [-0.25, -0.2) is 19.9 Å². The number of nitrogens with zero attached hydrogens (tertiary/aromatic N) is 4. The zero-order chi connectivity index (χ0) is 71.9. The lowest BCUT2D eigenvalue weighted by Crippen LogP contribution is -2.06. The largest absolute Gasteiger partial charge is 0.222 e. The van der Waals surface area contributed by atoms with Gasteiger partial charge in [0.2, 0.25) is 0 Å². The Morgan fingerprint density at radius 2 is 0.412 bits per heavy atom. The SMILES string of the molecule is CCCCCCCCC(CCCCCC)Cc1cc(C)sc1-c1nc2sc(-c3sc(-c4cc(CC(CCCCCC)CCCCCCCC)c(-c5nc6sc(-c7sc(C)cc7CC(CCCCCC)CCCCCCCC)nc6s5)s4)cc3CC(CCCCCC)CCCCCCCC)nc2s1. The fourth-order valence-corrected chi connectivity index (χ4v) is 25.2. The predicted octanol–water partition coefficient (Wildman–Crippen LogP) is 34.5. The lowest BCUT2D eigenvalue weighted by Gasteiger charge is -2.17. The van der Waals surface area contributed by atoms with Crippen LogP contribution < -0.4 is 0 Å². The highest BCUT2D eigenvalue weighted by Crippen LogP contribution is 2.51. The smallest absolute Gasteiger partial charge is 0.155 e. The molecule has 0 fully saturated rings. The van der Waals surface area contributed by atoms with Gasteiger partial charge in [-0.05, 0) is 110 Å². The maximum absolute atomic E-state index is 5.71. The summed E-state index contributed by atoms with van der Waals surface area (Å²) in [5.74, 6) is 2.86. The van der Waals surface area contributed by atoms with E-state index < -0.39 is 0 Å². The van der Waals surface area contributed by atoms with E-state index in [9.17, 15) is 0 Å². The molecule has 12 heteroatoms. The summed E-state index contributed by atoms with van der Waals surface area (Å²) in [5.41, 5.74) is 6.14. The number of thiophene rings is 4. The third kappa shape index (κ3) is 29.0. The molecule has 0 aliphatic rings. The molecule has 4 atom stereocenters. The van der Waals surface area contributed by atoms with Crippen molar-refractivity contribution in [1.82, 2.24) is 19.9 Å². The van der Waals surface area contributed by atoms with Gasteiger partial charge in [0.1, 0.15) is 20.0 Å². The van der Waals surface area contributed by atoms with Gasteiger partial charge in [0.25, 0.3) is 0 Å². The zero-order valence-corrected chi connectivity index (χ0v) is 73.0. The third-order valence-electron chi connectivity index (χ3n) is 22.2. The molecule has 0 saturated heterocycles. The van der Waals surface area contributed by atoms with E-state index in [2.05, 4.69) is 93.5 Å². The van der Waals surface area contributed by atoms with Crippen molar-refractivity contribution in [2.75, 3.05) is 0 Å². The van der Waals surface area contributed by atoms with E-state index in [1.165, 1.54) is 402 Å². The summed E-state index contributed by atoms with van der Waals surface area (Å²) in [7, 11) is 0. The van der Waals surface area contributed by atoms with Crippen molar-refractivity contribution in [3.8, 4) is 49.3 Å². The normalized spacial score (nSPS) is 13.3. The molecular formula is C90H142N4S8. The van der Waals surface area contributed by atoms with Crippen molar-refractivity contribution < 1.29 is 0 Å². The number of aryl methyl sites for hydroxylation is 2. The molecule has 8 rings (SSSR count). The summed E-state index contributed by atoms with van der Waals surface area (Å²) in [6.45, 7) is 23.5. The van der Waals surface area contributed by atoms with Crippen LogP contribution in [0.4, 0.5) is 0 Å². The highest BCUT2D eigenvalue weighted by Gasteiger charge is 2.28. The first-order valence-corrected chi connectivity index (χ1v) is 49.6. The molecule has 0 saturated carbocycles. The number of thiazole rings is 4. The Labute approximate surface area is 656 Å². The molecule has 102 heavy (non-hydrogen) atoms. The van der Waals surface area contributed by atoms with Gasteiger partial charge in [-0.1, -0.05) is 409 Å². The molecule has 0 N–H and O–H groups in total. The lowest BCUT2D eigenvalue weighted by molar-refractivity contribution is 0.403. The van der Waals surface area contributed by atoms with Crippen LogP contribution in [0.1, 0.15) is 396 Å². The maximum atomic E-state index is 5.71. The van der Waals surface area contributed by atoms with Crippen LogP contribution in [0, 0.1) is 37.5 Å². The maximum Gasteiger partial charge on any atom is 0.155 e. The van der Waals surface area contributed by atoms with Gasteiger partial charge in [-0.3, -0.25) is 0 Å². The monoisotopic (exact) mass is 1530 g/mol. The third-order valence-corrected chi connectivity index (χ3v) is 31.6. The topological polar surface area (TPSA) is 51.6 Å². The molecule has 0 amide bonds. The standard InChI is InChI=1S/C90H142N4S8/c1-11-19-27-35-39-47-55-69(51-43-31-23-15-5)61-73-59-67(9)95-79(73)83-91-87-89(99-83)93-85(101-87)81-75(63-71(53-45-33-25-17-7)57-49-41-37-29-21-13-3)65-77(97-81)78-66-76(64-72(54-46-34-26-18-8)58-50-42-38-30-22-14-4)82(98-78)86-94-90-88(102-86)92-84(100-90)80-74(60-68(10)96-80)62-70(52-44-32-24-16-6)56-48-40-36-28-20-12-2/h59-60,65-66,69-72H,11-58,61-64H2,1-10H3. The summed E-state index contributed by atoms with van der Waals surface area (Å²) in [4.78, 5) is 38.5. The van der Waals surface area contributed by atoms with Gasteiger partial charge < -0.3 is 0 Å². The Morgan fingerprint density at radius 3 is 0.637 bits per heavy atom. The average Bonchev–Trinajstić information content (AvgIpc) is 1.61. The number of rotatable bonds is 61. The Morgan fingerprint density at radius 1 is 0.225 bits per heavy atom. The first-order chi connectivity index (χ1) is 50.1. The summed E-state index contributed by atoms with van der Waals surface area (Å²) in [5, 5.41) is 4.77. The summed E-state index contributed by atoms with van der Waals surface area (Å²) in [6.07, 6.45) is 69.7. The first-order valence-electron chi connectivity index (χ1n) is 43.1. The minimum absolute atomic E-state index is 0.679. The zero-order valence-electron chi connectivity index (χ0n) is 66.4. The van der Waals surface area contributed by atoms with Crippen molar-refractivity contribution in [2.24, 2.45) is 23.7 Å². The van der Waals surface area contributed by atoms with Crippen molar-refractivity contribution in [1.29, 1.82) is 0 Å². The van der Waals surface area contributed by atoms with E-state index in [4.69, 9.17) is 19.9 Å². The summed E-state index contributed by atoms with van der Waals surface area (Å²) in [6, 6.07) is 10.4. The van der Waals surface area contributed by atoms with Crippen LogP contribution in [0.2, 0.25) is 0 Å². The molecule has 4 nitrogen and oxygen atoms in total. The van der Waals surface area contributed by atoms with Crippen LogP contribution in [0.25, 0.3) is 68.6 Å². The number of hydrogen-bond donors (Lipinski definition) is 0. The number of aromatic nitrogens is 4. The summed E-state index contributed by atoms with van der Waals surface area (Å²) >= 11 is 15.5. The van der Waals surface area contributed by atoms with Crippen LogP contribution in [-0.2, 0) is 25.7 Å². The molecule has 8 aromatic rings. The molecule has 0 spiro atoms. The minimum atomic E-state index is 0.679. The average molecular weight is 1540 g/mol. The number of hydrogen-bond acceptors (Lipinski definition) is 12. The predicted molar refractivity (Wildman–Crippen MR) is 468 cm³/mol. The van der Waals surface area contributed by atoms with Gasteiger partial charge in [0.15, 0.2) is 19.3 Å². The highest BCUT2D eigenvalue weighted by molar-refractivity contribution is 7.34. The van der Waals surface area contributed by atoms with Gasteiger partial charge in [0.05, 0.1) is 19.5 Å². The van der Waals surface area contributed by atoms with Gasteiger partial charge in [-0.15, -0.1) is 45.3 Å². The van der Waals surface area contributed by atoms with E-state index in [0.717, 1.165) is 44.0 Å². The first kappa shape index (κ1) is 85.4. The van der Waals surface area contributed by atoms with E-state index in [0.29, 0.717) is 11.8 Å². The van der Waals surface area contributed by atoms with Crippen molar-refractivity contribution in [2.45, 2.75) is 403 Å². The number of unbranched alkanes of at least 4 members (excludes halogenated alkanes) is 32. The Hall–Kier alpha value is -2.16. The molecule has 8 aromatic heterocycles. The molecule has 570 valence electrons. The Bertz CT molecular complexity index is 3170. The second-order valence-corrected chi connectivity index (χ2v) is 40.1. The van der Waals surface area contributed by atoms with Crippen LogP contribution in [0.15, 0.2) is 24.3 Å². The molecule has 0 bridgehead atoms. The molecule has 0 aliphatic carbocycles. The minimum Gasteiger partial charge on any atom is -0.222 e. The van der Waals surface area contributed by atoms with Crippen molar-refractivity contribution in [3.05, 3.63) is 56.3 Å². The van der Waals surface area contributed by atoms with E-state index in [1.807, 2.05) is 90.7 Å². The highest BCUT2D eigenvalue weighted by atomic mass is 32.1. The van der Waals surface area contributed by atoms with Gasteiger partial charge in [-0.2, -0.15) is 0 Å². The van der Waals surface area contributed by atoms with Crippen molar-refractivity contribution >= 4 is 110 Å². The molecule has 8 heterocycles. The molecule has 4 unspecified atom stereocenters. The molecule has 0 aromatic carbocycles. The lowest BCUT2D eigenvalue weighted by atomic mass is 9.88. The van der Waals surface area contributed by atoms with Gasteiger partial charge >= 0.3 is 0 Å². The quantitative estimate of drug-likeness (QED) is 0.0357. The van der Waals surface area contributed by atoms with Crippen LogP contribution >= 0.6 is 90.7 Å². The Balaban J connectivity index is 1.15. The molecule has 0 radical (unpaired) electrons. The van der Waals surface area contributed by atoms with E-state index in [1.54, 1.807) is 0 Å². The fraction of sp³-hybridized carbons (Fsp3) is 0.733. The van der Waals surface area contributed by atoms with Crippen molar-refractivity contribution in [3.63, 3.8) is 0 Å². The van der Waals surface area contributed by atoms with Crippen LogP contribution in [0.3, 0.4) is 0 Å². The van der Waals surface area contributed by atoms with Crippen LogP contribution in [0.5, 0.6) is 0 Å². The second kappa shape index (κ2) is 49.8. The van der Waals surface area contributed by atoms with E-state index >= 15 is 0 Å². The molecule has 0 aliphatic heterocycles.